The summed E-state index contributed by atoms with van der Waals surface area (Å²) in [6, 6.07) is 3.86. The zero-order valence-corrected chi connectivity index (χ0v) is 14.5. The second-order valence-electron chi connectivity index (χ2n) is 5.98. The van der Waals surface area contributed by atoms with Gasteiger partial charge in [0.2, 0.25) is 11.8 Å². The van der Waals surface area contributed by atoms with Crippen LogP contribution in [0.3, 0.4) is 0 Å². The Morgan fingerprint density at radius 2 is 2.17 bits per heavy atom. The molecule has 2 amide bonds. The van der Waals surface area contributed by atoms with Gasteiger partial charge < -0.3 is 9.73 Å². The minimum atomic E-state index is -0.416. The van der Waals surface area contributed by atoms with Crippen molar-refractivity contribution in [2.45, 2.75) is 56.4 Å². The molecule has 3 rings (SSSR count). The normalized spacial score (nSPS) is 22.6. The molecule has 1 aromatic heterocycles. The average molecular weight is 352 g/mol. The summed E-state index contributed by atoms with van der Waals surface area (Å²) in [5.74, 6) is 0.536. The molecule has 23 heavy (non-hydrogen) atoms. The summed E-state index contributed by atoms with van der Waals surface area (Å²) < 4.78 is 5.78. The predicted octanol–water partition coefficient (Wildman–Crippen LogP) is 2.85. The number of hydrogen-bond donors (Lipinski definition) is 1. The fourth-order valence-corrected chi connectivity index (χ4v) is 4.52. The summed E-state index contributed by atoms with van der Waals surface area (Å²) in [6.45, 7) is 0.332. The van der Waals surface area contributed by atoms with Crippen molar-refractivity contribution in [3.05, 3.63) is 24.2 Å². The van der Waals surface area contributed by atoms with Crippen molar-refractivity contribution >= 4 is 40.1 Å². The van der Waals surface area contributed by atoms with E-state index in [1.54, 1.807) is 12.3 Å². The molecular formula is C16H20N2O3S2. The topological polar surface area (TPSA) is 62.6 Å². The van der Waals surface area contributed by atoms with E-state index in [9.17, 15) is 9.59 Å². The van der Waals surface area contributed by atoms with Gasteiger partial charge in [0, 0.05) is 12.5 Å². The second kappa shape index (κ2) is 7.49. The van der Waals surface area contributed by atoms with Crippen LogP contribution in [0.15, 0.2) is 22.8 Å². The van der Waals surface area contributed by atoms with Crippen molar-refractivity contribution in [3.63, 3.8) is 0 Å². The van der Waals surface area contributed by atoms with Crippen LogP contribution in [0.1, 0.15) is 44.3 Å². The highest BCUT2D eigenvalue weighted by atomic mass is 32.2. The van der Waals surface area contributed by atoms with Crippen molar-refractivity contribution < 1.29 is 14.0 Å². The van der Waals surface area contributed by atoms with E-state index in [0.29, 0.717) is 16.6 Å². The summed E-state index contributed by atoms with van der Waals surface area (Å²) >= 11 is 6.58. The van der Waals surface area contributed by atoms with Gasteiger partial charge in [-0.3, -0.25) is 14.5 Å². The zero-order valence-electron chi connectivity index (χ0n) is 12.8. The van der Waals surface area contributed by atoms with E-state index < -0.39 is 5.25 Å². The molecule has 0 radical (unpaired) electrons. The predicted molar refractivity (Wildman–Crippen MR) is 92.9 cm³/mol. The highest BCUT2D eigenvalue weighted by Gasteiger charge is 2.38. The Bertz CT molecular complexity index is 582. The Kier molecular flexibility index (Phi) is 5.38. The number of thiocarbonyl (C=S) groups is 1. The Hall–Kier alpha value is -1.34. The average Bonchev–Trinajstić information content (AvgIpc) is 3.13. The second-order valence-corrected chi connectivity index (χ2v) is 7.82. The molecule has 0 aromatic carbocycles. The van der Waals surface area contributed by atoms with Gasteiger partial charge in [0.15, 0.2) is 0 Å². The fourth-order valence-electron chi connectivity index (χ4n) is 3.03. The summed E-state index contributed by atoms with van der Waals surface area (Å²) in [5, 5.41) is 2.64. The molecule has 1 N–H and O–H groups in total. The number of carbonyl (C=O) groups excluding carboxylic acids is 2. The third kappa shape index (κ3) is 4.14. The lowest BCUT2D eigenvalue weighted by Crippen LogP contribution is -2.39. The third-order valence-corrected chi connectivity index (χ3v) is 5.82. The van der Waals surface area contributed by atoms with E-state index in [1.165, 1.54) is 35.9 Å². The van der Waals surface area contributed by atoms with E-state index in [-0.39, 0.29) is 24.3 Å². The van der Waals surface area contributed by atoms with E-state index in [0.717, 1.165) is 12.8 Å². The molecule has 1 aromatic rings. The lowest BCUT2D eigenvalue weighted by atomic mass is 9.95. The molecule has 1 saturated carbocycles. The molecule has 0 unspecified atom stereocenters. The van der Waals surface area contributed by atoms with Gasteiger partial charge in [-0.15, -0.1) is 0 Å². The van der Waals surface area contributed by atoms with Gasteiger partial charge in [0.25, 0.3) is 0 Å². The van der Waals surface area contributed by atoms with Gasteiger partial charge in [0.05, 0.1) is 18.1 Å². The van der Waals surface area contributed by atoms with Crippen molar-refractivity contribution in [2.24, 2.45) is 0 Å². The molecule has 7 heteroatoms. The van der Waals surface area contributed by atoms with E-state index >= 15 is 0 Å². The molecule has 2 aliphatic rings. The molecule has 0 spiro atoms. The number of thioether (sulfide) groups is 1. The fraction of sp³-hybridized carbons (Fsp3) is 0.562. The van der Waals surface area contributed by atoms with Crippen LogP contribution in [-0.4, -0.2) is 32.3 Å². The molecule has 124 valence electrons. The minimum Gasteiger partial charge on any atom is -0.467 e. The lowest BCUT2D eigenvalue weighted by molar-refractivity contribution is -0.130. The molecule has 2 fully saturated rings. The first-order valence-electron chi connectivity index (χ1n) is 7.97. The standard InChI is InChI=1S/C16H20N2O3S2/c19-14(17-11-5-2-1-3-6-11)9-13-15(20)18(16(22)23-13)10-12-7-4-8-21-12/h4,7-8,11,13H,1-3,5-6,9-10H2,(H,17,19)/t13-/m0/s1. The molecule has 1 atom stereocenters. The van der Waals surface area contributed by atoms with Crippen molar-refractivity contribution in [2.75, 3.05) is 0 Å². The SMILES string of the molecule is O=C(C[C@@H]1SC(=S)N(Cc2ccco2)C1=O)NC1CCCCC1. The molecule has 1 saturated heterocycles. The number of furan rings is 1. The first-order chi connectivity index (χ1) is 11.1. The van der Waals surface area contributed by atoms with Gasteiger partial charge >= 0.3 is 0 Å². The number of carbonyl (C=O) groups is 2. The molecule has 1 aliphatic heterocycles. The van der Waals surface area contributed by atoms with Crippen LogP contribution in [-0.2, 0) is 16.1 Å². The number of rotatable bonds is 5. The Morgan fingerprint density at radius 3 is 2.87 bits per heavy atom. The number of amides is 2. The van der Waals surface area contributed by atoms with Crippen molar-refractivity contribution in [3.8, 4) is 0 Å². The molecule has 0 bridgehead atoms. The number of hydrogen-bond acceptors (Lipinski definition) is 5. The van der Waals surface area contributed by atoms with Crippen molar-refractivity contribution in [1.82, 2.24) is 10.2 Å². The largest absolute Gasteiger partial charge is 0.467 e. The molecular weight excluding hydrogens is 332 g/mol. The van der Waals surface area contributed by atoms with Crippen LogP contribution in [0.25, 0.3) is 0 Å². The minimum absolute atomic E-state index is 0.0506. The van der Waals surface area contributed by atoms with E-state index in [2.05, 4.69) is 5.32 Å². The first kappa shape index (κ1) is 16.5. The first-order valence-corrected chi connectivity index (χ1v) is 9.26. The molecule has 1 aliphatic carbocycles. The zero-order chi connectivity index (χ0) is 16.2. The highest BCUT2D eigenvalue weighted by Crippen LogP contribution is 2.31. The van der Waals surface area contributed by atoms with Gasteiger partial charge in [-0.2, -0.15) is 0 Å². The quantitative estimate of drug-likeness (QED) is 0.826. The summed E-state index contributed by atoms with van der Waals surface area (Å²) in [4.78, 5) is 26.2. The van der Waals surface area contributed by atoms with Crippen LogP contribution in [0.5, 0.6) is 0 Å². The molecule has 5 nitrogen and oxygen atoms in total. The Balaban J connectivity index is 1.53. The number of nitrogens with zero attached hydrogens (tertiary/aromatic N) is 1. The third-order valence-electron chi connectivity index (χ3n) is 4.24. The monoisotopic (exact) mass is 352 g/mol. The Labute approximate surface area is 145 Å². The van der Waals surface area contributed by atoms with Crippen LogP contribution in [0.4, 0.5) is 0 Å². The van der Waals surface area contributed by atoms with Gasteiger partial charge in [-0.05, 0) is 25.0 Å². The van der Waals surface area contributed by atoms with Gasteiger partial charge in [-0.1, -0.05) is 43.2 Å². The molecule has 2 heterocycles. The summed E-state index contributed by atoms with van der Waals surface area (Å²) in [7, 11) is 0. The van der Waals surface area contributed by atoms with Crippen LogP contribution in [0.2, 0.25) is 0 Å². The van der Waals surface area contributed by atoms with Crippen molar-refractivity contribution in [1.29, 1.82) is 0 Å². The maximum atomic E-state index is 12.5. The summed E-state index contributed by atoms with van der Waals surface area (Å²) in [5.41, 5.74) is 0. The maximum absolute atomic E-state index is 12.5. The van der Waals surface area contributed by atoms with Gasteiger partial charge in [0.1, 0.15) is 10.1 Å². The van der Waals surface area contributed by atoms with Gasteiger partial charge in [-0.25, -0.2) is 0 Å². The smallest absolute Gasteiger partial charge is 0.242 e. The Morgan fingerprint density at radius 1 is 1.39 bits per heavy atom. The van der Waals surface area contributed by atoms with Crippen LogP contribution < -0.4 is 5.32 Å². The van der Waals surface area contributed by atoms with Crippen LogP contribution >= 0.6 is 24.0 Å². The van der Waals surface area contributed by atoms with E-state index in [1.807, 2.05) is 6.07 Å². The maximum Gasteiger partial charge on any atom is 0.242 e. The lowest BCUT2D eigenvalue weighted by Gasteiger charge is -2.23. The van der Waals surface area contributed by atoms with Crippen LogP contribution in [0, 0.1) is 0 Å². The highest BCUT2D eigenvalue weighted by molar-refractivity contribution is 8.24. The van der Waals surface area contributed by atoms with E-state index in [4.69, 9.17) is 16.6 Å². The number of nitrogens with one attached hydrogen (secondary N) is 1. The summed E-state index contributed by atoms with van der Waals surface area (Å²) in [6.07, 6.45) is 7.43.